The van der Waals surface area contributed by atoms with Crippen molar-refractivity contribution in [3.8, 4) is 0 Å². The molecular weight excluding hydrogens is 193 g/mol. The van der Waals surface area contributed by atoms with Gasteiger partial charge in [-0.1, -0.05) is 17.7 Å². The Morgan fingerprint density at radius 3 is 2.29 bits per heavy atom. The minimum atomic E-state index is -4.79. The molecule has 0 aliphatic rings. The molecule has 1 aromatic rings. The Hall–Kier alpha value is -1.32. The molecule has 0 spiro atoms. The van der Waals surface area contributed by atoms with Crippen LogP contribution in [0.2, 0.25) is 0 Å². The smallest absolute Gasteiger partial charge is 0.284 e. The molecule has 1 rings (SSSR count). The van der Waals surface area contributed by atoms with Crippen molar-refractivity contribution < 1.29 is 18.0 Å². The van der Waals surface area contributed by atoms with E-state index in [2.05, 4.69) is 0 Å². The normalized spacial score (nSPS) is 11.5. The van der Waals surface area contributed by atoms with Crippen molar-refractivity contribution in [2.45, 2.75) is 20.0 Å². The molecule has 0 atom stereocenters. The molecule has 1 aromatic carbocycles. The van der Waals surface area contributed by atoms with Crippen LogP contribution in [0.4, 0.5) is 13.2 Å². The highest BCUT2D eigenvalue weighted by Crippen LogP contribution is 2.23. The second-order valence-corrected chi connectivity index (χ2v) is 3.15. The van der Waals surface area contributed by atoms with Crippen LogP contribution in [-0.4, -0.2) is 12.0 Å². The minimum Gasteiger partial charge on any atom is -0.284 e. The molecule has 0 saturated heterocycles. The van der Waals surface area contributed by atoms with Crippen LogP contribution >= 0.6 is 0 Å². The number of aryl methyl sites for hydroxylation is 2. The quantitative estimate of drug-likeness (QED) is 0.639. The van der Waals surface area contributed by atoms with Crippen molar-refractivity contribution in [1.29, 1.82) is 0 Å². The van der Waals surface area contributed by atoms with Crippen LogP contribution in [-0.2, 0) is 0 Å². The fourth-order valence-electron chi connectivity index (χ4n) is 1.13. The van der Waals surface area contributed by atoms with Crippen molar-refractivity contribution in [3.05, 3.63) is 34.9 Å². The predicted molar refractivity (Wildman–Crippen MR) is 46.3 cm³/mol. The molecule has 0 heterocycles. The van der Waals surface area contributed by atoms with Gasteiger partial charge in [0.1, 0.15) is 0 Å². The molecule has 0 saturated carbocycles. The number of carbonyl (C=O) groups is 1. The van der Waals surface area contributed by atoms with E-state index in [1.807, 2.05) is 0 Å². The molecule has 14 heavy (non-hydrogen) atoms. The van der Waals surface area contributed by atoms with E-state index in [9.17, 15) is 18.0 Å². The first kappa shape index (κ1) is 10.8. The Bertz CT molecular complexity index is 366. The number of Topliss-reactive ketones (excluding diaryl/α,β-unsaturated/α-hetero) is 1. The number of alkyl halides is 3. The van der Waals surface area contributed by atoms with Gasteiger partial charge in [0.25, 0.3) is 5.78 Å². The number of halogens is 3. The van der Waals surface area contributed by atoms with E-state index in [1.165, 1.54) is 19.1 Å². The molecule has 0 aliphatic carbocycles. The Balaban J connectivity index is 3.19. The first-order chi connectivity index (χ1) is 6.32. The second-order valence-electron chi connectivity index (χ2n) is 3.15. The Labute approximate surface area is 79.5 Å². The van der Waals surface area contributed by atoms with Gasteiger partial charge < -0.3 is 0 Å². The van der Waals surface area contributed by atoms with E-state index < -0.39 is 12.0 Å². The lowest BCUT2D eigenvalue weighted by atomic mass is 10.0. The molecule has 0 N–H and O–H groups in total. The molecule has 76 valence electrons. The zero-order chi connectivity index (χ0) is 10.9. The summed E-state index contributed by atoms with van der Waals surface area (Å²) >= 11 is 0. The summed E-state index contributed by atoms with van der Waals surface area (Å²) < 4.78 is 36.3. The van der Waals surface area contributed by atoms with Crippen molar-refractivity contribution in [3.63, 3.8) is 0 Å². The average Bonchev–Trinajstić information content (AvgIpc) is 2.06. The van der Waals surface area contributed by atoms with Gasteiger partial charge in [-0.05, 0) is 25.5 Å². The number of ketones is 1. The zero-order valence-electron chi connectivity index (χ0n) is 7.77. The summed E-state index contributed by atoms with van der Waals surface area (Å²) in [7, 11) is 0. The van der Waals surface area contributed by atoms with Gasteiger partial charge >= 0.3 is 6.18 Å². The van der Waals surface area contributed by atoms with Gasteiger partial charge in [0.05, 0.1) is 0 Å². The fraction of sp³-hybridized carbons (Fsp3) is 0.300. The highest BCUT2D eigenvalue weighted by molar-refractivity contribution is 6.01. The summed E-state index contributed by atoms with van der Waals surface area (Å²) in [5, 5.41) is 0. The number of hydrogen-bond acceptors (Lipinski definition) is 1. The summed E-state index contributed by atoms with van der Waals surface area (Å²) in [6.45, 7) is 3.13. The van der Waals surface area contributed by atoms with Crippen LogP contribution in [0.3, 0.4) is 0 Å². The lowest BCUT2D eigenvalue weighted by Gasteiger charge is -2.08. The summed E-state index contributed by atoms with van der Waals surface area (Å²) in [5.41, 5.74) is 0.721. The molecule has 0 bridgehead atoms. The third-order valence-corrected chi connectivity index (χ3v) is 1.90. The Kier molecular flexibility index (Phi) is 2.64. The second kappa shape index (κ2) is 3.44. The first-order valence-electron chi connectivity index (χ1n) is 4.01. The highest BCUT2D eigenvalue weighted by atomic mass is 19.4. The van der Waals surface area contributed by atoms with Crippen LogP contribution in [0.5, 0.6) is 0 Å². The van der Waals surface area contributed by atoms with Gasteiger partial charge in [0, 0.05) is 5.56 Å². The van der Waals surface area contributed by atoms with Crippen LogP contribution in [0.25, 0.3) is 0 Å². The summed E-state index contributed by atoms with van der Waals surface area (Å²) in [4.78, 5) is 10.9. The van der Waals surface area contributed by atoms with Crippen LogP contribution in [0, 0.1) is 13.8 Å². The van der Waals surface area contributed by atoms with E-state index in [1.54, 1.807) is 13.0 Å². The number of carbonyl (C=O) groups excluding carboxylic acids is 1. The molecule has 0 aromatic heterocycles. The minimum absolute atomic E-state index is 0.266. The number of rotatable bonds is 1. The molecule has 0 fully saturated rings. The molecule has 0 unspecified atom stereocenters. The van der Waals surface area contributed by atoms with Crippen molar-refractivity contribution in [2.75, 3.05) is 0 Å². The van der Waals surface area contributed by atoms with Crippen LogP contribution in [0.1, 0.15) is 21.5 Å². The van der Waals surface area contributed by atoms with Crippen LogP contribution in [0.15, 0.2) is 18.2 Å². The third kappa shape index (κ3) is 2.13. The SMILES string of the molecule is Cc1ccc(C)c(C(=O)C(F)(F)F)c1. The fourth-order valence-corrected chi connectivity index (χ4v) is 1.13. The van der Waals surface area contributed by atoms with Crippen molar-refractivity contribution in [1.82, 2.24) is 0 Å². The number of benzene rings is 1. The third-order valence-electron chi connectivity index (χ3n) is 1.90. The predicted octanol–water partition coefficient (Wildman–Crippen LogP) is 3.05. The maximum atomic E-state index is 12.1. The monoisotopic (exact) mass is 202 g/mol. The van der Waals surface area contributed by atoms with E-state index in [4.69, 9.17) is 0 Å². The van der Waals surface area contributed by atoms with Gasteiger partial charge in [-0.2, -0.15) is 13.2 Å². The van der Waals surface area contributed by atoms with Gasteiger partial charge in [-0.3, -0.25) is 4.79 Å². The summed E-state index contributed by atoms with van der Waals surface area (Å²) in [5.74, 6) is -1.78. The molecule has 4 heteroatoms. The van der Waals surface area contributed by atoms with Gasteiger partial charge in [0.2, 0.25) is 0 Å². The van der Waals surface area contributed by atoms with Crippen LogP contribution < -0.4 is 0 Å². The zero-order valence-corrected chi connectivity index (χ0v) is 7.77. The van der Waals surface area contributed by atoms with Crippen molar-refractivity contribution in [2.24, 2.45) is 0 Å². The van der Waals surface area contributed by atoms with E-state index in [0.29, 0.717) is 11.1 Å². The average molecular weight is 202 g/mol. The number of hydrogen-bond donors (Lipinski definition) is 0. The standard InChI is InChI=1S/C10H9F3O/c1-6-3-4-7(2)8(5-6)9(14)10(11,12)13/h3-5H,1-2H3. The first-order valence-corrected chi connectivity index (χ1v) is 4.01. The summed E-state index contributed by atoms with van der Waals surface area (Å²) in [6.07, 6.45) is -4.79. The van der Waals surface area contributed by atoms with E-state index in [-0.39, 0.29) is 5.56 Å². The molecule has 0 radical (unpaired) electrons. The lowest BCUT2D eigenvalue weighted by molar-refractivity contribution is -0.0885. The topological polar surface area (TPSA) is 17.1 Å². The molecule has 0 amide bonds. The van der Waals surface area contributed by atoms with Crippen molar-refractivity contribution >= 4 is 5.78 Å². The lowest BCUT2D eigenvalue weighted by Crippen LogP contribution is -2.23. The Morgan fingerprint density at radius 1 is 1.21 bits per heavy atom. The maximum Gasteiger partial charge on any atom is 0.454 e. The molecular formula is C10H9F3O. The highest BCUT2D eigenvalue weighted by Gasteiger charge is 2.39. The maximum absolute atomic E-state index is 12.1. The Morgan fingerprint density at radius 2 is 1.79 bits per heavy atom. The van der Waals surface area contributed by atoms with Gasteiger partial charge in [-0.25, -0.2) is 0 Å². The largest absolute Gasteiger partial charge is 0.454 e. The molecule has 0 aliphatic heterocycles. The van der Waals surface area contributed by atoms with E-state index in [0.717, 1.165) is 0 Å². The van der Waals surface area contributed by atoms with E-state index >= 15 is 0 Å². The summed E-state index contributed by atoms with van der Waals surface area (Å²) in [6, 6.07) is 4.43. The van der Waals surface area contributed by atoms with Gasteiger partial charge in [-0.15, -0.1) is 0 Å². The van der Waals surface area contributed by atoms with Gasteiger partial charge in [0.15, 0.2) is 0 Å². The molecule has 1 nitrogen and oxygen atoms in total.